The standard InChI is InChI=1S/C17H17F3N2O2/c1-3-24-15-11-8-10(2)4-5-13(11)21-14-6-7-22(9-12(14)15)16(23)17(18,19)20/h4-5,8H,3,6-7,9H2,1-2H3. The SMILES string of the molecule is CCOc1c2c(nc3ccc(C)cc13)CCN(C(=O)C(F)(F)F)C2. The quantitative estimate of drug-likeness (QED) is 0.843. The van der Waals surface area contributed by atoms with Crippen molar-refractivity contribution >= 4 is 16.8 Å². The van der Waals surface area contributed by atoms with Gasteiger partial charge in [-0.05, 0) is 26.0 Å². The average Bonchev–Trinajstić information content (AvgIpc) is 2.53. The highest BCUT2D eigenvalue weighted by Gasteiger charge is 2.43. The third-order valence-electron chi connectivity index (χ3n) is 4.06. The van der Waals surface area contributed by atoms with Gasteiger partial charge in [0.15, 0.2) is 0 Å². The predicted octanol–water partition coefficient (Wildman–Crippen LogP) is 3.39. The summed E-state index contributed by atoms with van der Waals surface area (Å²) in [7, 11) is 0. The lowest BCUT2D eigenvalue weighted by Gasteiger charge is -2.30. The molecule has 0 spiro atoms. The second-order valence-electron chi connectivity index (χ2n) is 5.79. The van der Waals surface area contributed by atoms with E-state index in [1.165, 1.54) is 0 Å². The monoisotopic (exact) mass is 338 g/mol. The maximum Gasteiger partial charge on any atom is 0.471 e. The molecule has 0 aliphatic carbocycles. The lowest BCUT2D eigenvalue weighted by Crippen LogP contribution is -2.44. The maximum atomic E-state index is 12.7. The molecule has 1 amide bonds. The fourth-order valence-electron chi connectivity index (χ4n) is 2.98. The molecular weight excluding hydrogens is 321 g/mol. The molecule has 0 unspecified atom stereocenters. The number of ether oxygens (including phenoxy) is 1. The van der Waals surface area contributed by atoms with Gasteiger partial charge >= 0.3 is 12.1 Å². The van der Waals surface area contributed by atoms with Crippen molar-refractivity contribution in [1.82, 2.24) is 9.88 Å². The number of benzene rings is 1. The Morgan fingerprint density at radius 2 is 2.12 bits per heavy atom. The first-order chi connectivity index (χ1) is 11.3. The molecule has 2 aromatic rings. The summed E-state index contributed by atoms with van der Waals surface area (Å²) in [4.78, 5) is 16.9. The molecule has 0 fully saturated rings. The Balaban J connectivity index is 2.10. The molecule has 1 aromatic heterocycles. The van der Waals surface area contributed by atoms with E-state index in [0.717, 1.165) is 21.4 Å². The van der Waals surface area contributed by atoms with Crippen molar-refractivity contribution in [1.29, 1.82) is 0 Å². The second-order valence-corrected chi connectivity index (χ2v) is 5.79. The van der Waals surface area contributed by atoms with Crippen molar-refractivity contribution in [3.8, 4) is 5.75 Å². The Morgan fingerprint density at radius 1 is 1.38 bits per heavy atom. The van der Waals surface area contributed by atoms with Crippen molar-refractivity contribution < 1.29 is 22.7 Å². The van der Waals surface area contributed by atoms with E-state index < -0.39 is 12.1 Å². The first-order valence-electron chi connectivity index (χ1n) is 7.72. The largest absolute Gasteiger partial charge is 0.493 e. The number of aryl methyl sites for hydroxylation is 1. The molecule has 1 aliphatic rings. The van der Waals surface area contributed by atoms with Crippen molar-refractivity contribution in [2.24, 2.45) is 0 Å². The number of nitrogens with zero attached hydrogens (tertiary/aromatic N) is 2. The van der Waals surface area contributed by atoms with E-state index in [0.29, 0.717) is 23.6 Å². The lowest BCUT2D eigenvalue weighted by atomic mass is 10.00. The molecule has 24 heavy (non-hydrogen) atoms. The normalized spacial score (nSPS) is 14.6. The minimum Gasteiger partial charge on any atom is -0.493 e. The molecule has 0 atom stereocenters. The summed E-state index contributed by atoms with van der Waals surface area (Å²) < 4.78 is 43.9. The average molecular weight is 338 g/mol. The van der Waals surface area contributed by atoms with Gasteiger partial charge in [-0.25, -0.2) is 0 Å². The van der Waals surface area contributed by atoms with E-state index in [-0.39, 0.29) is 19.5 Å². The van der Waals surface area contributed by atoms with Crippen LogP contribution in [0.4, 0.5) is 13.2 Å². The van der Waals surface area contributed by atoms with Crippen LogP contribution >= 0.6 is 0 Å². The molecule has 128 valence electrons. The molecule has 0 N–H and O–H groups in total. The molecule has 1 aromatic carbocycles. The number of aromatic nitrogens is 1. The third-order valence-corrected chi connectivity index (χ3v) is 4.06. The first kappa shape index (κ1) is 16.5. The van der Waals surface area contributed by atoms with Crippen LogP contribution in [-0.2, 0) is 17.8 Å². The molecule has 1 aliphatic heterocycles. The number of fused-ring (bicyclic) bond motifs is 2. The molecular formula is C17H17F3N2O2. The minimum atomic E-state index is -4.87. The van der Waals surface area contributed by atoms with Gasteiger partial charge < -0.3 is 9.64 Å². The second kappa shape index (κ2) is 5.96. The smallest absolute Gasteiger partial charge is 0.471 e. The zero-order chi connectivity index (χ0) is 17.5. The summed E-state index contributed by atoms with van der Waals surface area (Å²) >= 11 is 0. The van der Waals surface area contributed by atoms with Crippen molar-refractivity contribution in [3.05, 3.63) is 35.0 Å². The van der Waals surface area contributed by atoms with Crippen LogP contribution in [0, 0.1) is 6.92 Å². The fourth-order valence-corrected chi connectivity index (χ4v) is 2.98. The Labute approximate surface area is 137 Å². The minimum absolute atomic E-state index is 0.00127. The van der Waals surface area contributed by atoms with Gasteiger partial charge in [-0.3, -0.25) is 9.78 Å². The predicted molar refractivity (Wildman–Crippen MR) is 82.8 cm³/mol. The molecule has 0 radical (unpaired) electrons. The first-order valence-corrected chi connectivity index (χ1v) is 7.72. The highest BCUT2D eigenvalue weighted by molar-refractivity contribution is 5.88. The number of rotatable bonds is 2. The lowest BCUT2D eigenvalue weighted by molar-refractivity contribution is -0.186. The van der Waals surface area contributed by atoms with E-state index in [2.05, 4.69) is 4.98 Å². The fraction of sp³-hybridized carbons (Fsp3) is 0.412. The number of amides is 1. The van der Waals surface area contributed by atoms with E-state index in [9.17, 15) is 18.0 Å². The van der Waals surface area contributed by atoms with Gasteiger partial charge in [0.05, 0.1) is 24.4 Å². The van der Waals surface area contributed by atoms with E-state index >= 15 is 0 Å². The molecule has 4 nitrogen and oxygen atoms in total. The van der Waals surface area contributed by atoms with Crippen LogP contribution in [-0.4, -0.2) is 35.1 Å². The number of pyridine rings is 1. The topological polar surface area (TPSA) is 42.4 Å². The van der Waals surface area contributed by atoms with Crippen LogP contribution < -0.4 is 4.74 Å². The summed E-state index contributed by atoms with van der Waals surface area (Å²) in [6.07, 6.45) is -4.59. The zero-order valence-electron chi connectivity index (χ0n) is 13.4. The highest BCUT2D eigenvalue weighted by Crippen LogP contribution is 2.35. The van der Waals surface area contributed by atoms with Gasteiger partial charge in [-0.2, -0.15) is 13.2 Å². The Bertz CT molecular complexity index is 803. The molecule has 0 bridgehead atoms. The van der Waals surface area contributed by atoms with Gasteiger partial charge in [-0.15, -0.1) is 0 Å². The number of halogens is 3. The Kier molecular flexibility index (Phi) is 4.11. The van der Waals surface area contributed by atoms with E-state index in [4.69, 9.17) is 4.74 Å². The third kappa shape index (κ3) is 2.90. The number of carbonyl (C=O) groups is 1. The van der Waals surface area contributed by atoms with Crippen LogP contribution in [0.15, 0.2) is 18.2 Å². The summed E-state index contributed by atoms with van der Waals surface area (Å²) in [6.45, 7) is 3.98. The van der Waals surface area contributed by atoms with Gasteiger partial charge in [-0.1, -0.05) is 11.6 Å². The number of hydrogen-bond donors (Lipinski definition) is 0. The van der Waals surface area contributed by atoms with Gasteiger partial charge in [0, 0.05) is 23.9 Å². The zero-order valence-corrected chi connectivity index (χ0v) is 13.4. The summed E-state index contributed by atoms with van der Waals surface area (Å²) in [6, 6.07) is 5.71. The molecule has 0 saturated carbocycles. The van der Waals surface area contributed by atoms with E-state index in [1.54, 1.807) is 0 Å². The molecule has 7 heteroatoms. The van der Waals surface area contributed by atoms with Crippen LogP contribution in [0.5, 0.6) is 5.75 Å². The van der Waals surface area contributed by atoms with Gasteiger partial charge in [0.1, 0.15) is 5.75 Å². The van der Waals surface area contributed by atoms with Gasteiger partial charge in [0.2, 0.25) is 0 Å². The van der Waals surface area contributed by atoms with Crippen molar-refractivity contribution in [2.75, 3.05) is 13.2 Å². The summed E-state index contributed by atoms with van der Waals surface area (Å²) in [5, 5.41) is 0.761. The van der Waals surface area contributed by atoms with E-state index in [1.807, 2.05) is 32.0 Å². The van der Waals surface area contributed by atoms with Crippen LogP contribution in [0.2, 0.25) is 0 Å². The molecule has 3 rings (SSSR count). The molecule has 2 heterocycles. The highest BCUT2D eigenvalue weighted by atomic mass is 19.4. The van der Waals surface area contributed by atoms with Crippen molar-refractivity contribution in [3.63, 3.8) is 0 Å². The van der Waals surface area contributed by atoms with Crippen molar-refractivity contribution in [2.45, 2.75) is 33.0 Å². The van der Waals surface area contributed by atoms with Gasteiger partial charge in [0.25, 0.3) is 0 Å². The van der Waals surface area contributed by atoms with Crippen LogP contribution in [0.3, 0.4) is 0 Å². The van der Waals surface area contributed by atoms with Crippen LogP contribution in [0.25, 0.3) is 10.9 Å². The maximum absolute atomic E-state index is 12.7. The number of carbonyl (C=O) groups excluding carboxylic acids is 1. The van der Waals surface area contributed by atoms with Crippen LogP contribution in [0.1, 0.15) is 23.7 Å². The number of alkyl halides is 3. The molecule has 0 saturated heterocycles. The summed E-state index contributed by atoms with van der Waals surface area (Å²) in [5.74, 6) is -1.29. The Hall–Kier alpha value is -2.31. The Morgan fingerprint density at radius 3 is 2.79 bits per heavy atom. The summed E-state index contributed by atoms with van der Waals surface area (Å²) in [5.41, 5.74) is 3.02. The number of hydrogen-bond acceptors (Lipinski definition) is 3.